The van der Waals surface area contributed by atoms with Gasteiger partial charge in [0.15, 0.2) is 5.78 Å². The lowest BCUT2D eigenvalue weighted by Gasteiger charge is -2.18. The fraction of sp³-hybridized carbons (Fsp3) is 0.400. The van der Waals surface area contributed by atoms with E-state index in [9.17, 15) is 4.79 Å². The van der Waals surface area contributed by atoms with Crippen LogP contribution in [0.3, 0.4) is 0 Å². The Bertz CT molecular complexity index is 429. The molecule has 1 aliphatic rings. The minimum Gasteiger partial charge on any atom is -0.294 e. The highest BCUT2D eigenvalue weighted by Gasteiger charge is 2.20. The Hall–Kier alpha value is -1.37. The lowest BCUT2D eigenvalue weighted by atomic mass is 9.84. The summed E-state index contributed by atoms with van der Waals surface area (Å²) in [5.74, 6) is 0.782. The van der Waals surface area contributed by atoms with Gasteiger partial charge in [0.1, 0.15) is 0 Å². The number of carbonyl (C=O) groups excluding carboxylic acids is 1. The van der Waals surface area contributed by atoms with Crippen LogP contribution in [0.15, 0.2) is 30.3 Å². The van der Waals surface area contributed by atoms with Crippen LogP contribution < -0.4 is 0 Å². The molecule has 1 atom stereocenters. The molecule has 0 spiro atoms. The summed E-state index contributed by atoms with van der Waals surface area (Å²) in [7, 11) is 0. The first-order chi connectivity index (χ1) is 7.72. The lowest BCUT2D eigenvalue weighted by Crippen LogP contribution is -2.13. The third kappa shape index (κ3) is 2.08. The molecule has 2 rings (SSSR count). The zero-order valence-corrected chi connectivity index (χ0v) is 9.99. The smallest absolute Gasteiger partial charge is 0.163 e. The van der Waals surface area contributed by atoms with Gasteiger partial charge in [-0.25, -0.2) is 0 Å². The second-order valence-corrected chi connectivity index (χ2v) is 4.55. The van der Waals surface area contributed by atoms with E-state index in [1.807, 2.05) is 6.07 Å². The second-order valence-electron chi connectivity index (χ2n) is 4.55. The van der Waals surface area contributed by atoms with Crippen LogP contribution >= 0.6 is 0 Å². The predicted octanol–water partition coefficient (Wildman–Crippen LogP) is 3.63. The summed E-state index contributed by atoms with van der Waals surface area (Å²) in [4.78, 5) is 11.9. The predicted molar refractivity (Wildman–Crippen MR) is 67.2 cm³/mol. The average Bonchev–Trinajstić information content (AvgIpc) is 2.32. The van der Waals surface area contributed by atoms with Crippen molar-refractivity contribution < 1.29 is 4.79 Å². The van der Waals surface area contributed by atoms with Crippen LogP contribution in [0.25, 0.3) is 5.57 Å². The molecular formula is C15H18O. The first kappa shape index (κ1) is 11.1. The average molecular weight is 214 g/mol. The van der Waals surface area contributed by atoms with Crippen molar-refractivity contribution in [1.29, 1.82) is 0 Å². The number of ketones is 1. The van der Waals surface area contributed by atoms with Gasteiger partial charge in [-0.3, -0.25) is 4.79 Å². The van der Waals surface area contributed by atoms with Crippen molar-refractivity contribution in [2.45, 2.75) is 33.1 Å². The topological polar surface area (TPSA) is 17.1 Å². The summed E-state index contributed by atoms with van der Waals surface area (Å²) in [6.45, 7) is 4.32. The number of hydrogen-bond donors (Lipinski definition) is 0. The highest BCUT2D eigenvalue weighted by atomic mass is 16.1. The zero-order chi connectivity index (χ0) is 11.5. The van der Waals surface area contributed by atoms with Gasteiger partial charge < -0.3 is 0 Å². The first-order valence-corrected chi connectivity index (χ1v) is 6.05. The maximum absolute atomic E-state index is 11.9. The van der Waals surface area contributed by atoms with Crippen LogP contribution in [-0.4, -0.2) is 5.78 Å². The van der Waals surface area contributed by atoms with Crippen molar-refractivity contribution >= 4 is 11.4 Å². The van der Waals surface area contributed by atoms with Crippen molar-refractivity contribution in [3.63, 3.8) is 0 Å². The number of carbonyl (C=O) groups is 1. The molecule has 84 valence electrons. The summed E-state index contributed by atoms with van der Waals surface area (Å²) in [6, 6.07) is 8.27. The molecule has 1 nitrogen and oxygen atoms in total. The second kappa shape index (κ2) is 4.65. The van der Waals surface area contributed by atoms with Gasteiger partial charge in [-0.1, -0.05) is 50.6 Å². The normalized spacial score (nSPS) is 19.6. The van der Waals surface area contributed by atoms with Crippen molar-refractivity contribution in [3.8, 4) is 0 Å². The monoisotopic (exact) mass is 214 g/mol. The largest absolute Gasteiger partial charge is 0.294 e. The van der Waals surface area contributed by atoms with Crippen molar-refractivity contribution in [2.24, 2.45) is 5.92 Å². The summed E-state index contributed by atoms with van der Waals surface area (Å²) in [5.41, 5.74) is 3.41. The van der Waals surface area contributed by atoms with E-state index in [0.29, 0.717) is 18.1 Å². The molecular weight excluding hydrogens is 196 g/mol. The molecule has 0 fully saturated rings. The van der Waals surface area contributed by atoms with Crippen LogP contribution in [0.2, 0.25) is 0 Å². The van der Waals surface area contributed by atoms with Gasteiger partial charge in [-0.2, -0.15) is 0 Å². The SMILES string of the molecule is CCC(C)C=C1C(=O)CCc2ccccc21. The summed E-state index contributed by atoms with van der Waals surface area (Å²) in [6.07, 6.45) is 4.78. The number of Topliss-reactive ketones (excluding diaryl/α,β-unsaturated/α-hetero) is 1. The van der Waals surface area contributed by atoms with Crippen molar-refractivity contribution in [1.82, 2.24) is 0 Å². The van der Waals surface area contributed by atoms with E-state index in [1.165, 1.54) is 5.56 Å². The van der Waals surface area contributed by atoms with Gasteiger partial charge in [0.25, 0.3) is 0 Å². The van der Waals surface area contributed by atoms with Crippen LogP contribution in [0.4, 0.5) is 0 Å². The van der Waals surface area contributed by atoms with Crippen molar-refractivity contribution in [2.75, 3.05) is 0 Å². The van der Waals surface area contributed by atoms with E-state index in [2.05, 4.69) is 38.1 Å². The van der Waals surface area contributed by atoms with Gasteiger partial charge in [0, 0.05) is 12.0 Å². The Labute approximate surface area is 97.2 Å². The summed E-state index contributed by atoms with van der Waals surface area (Å²) in [5, 5.41) is 0. The molecule has 0 amide bonds. The van der Waals surface area contributed by atoms with E-state index in [4.69, 9.17) is 0 Å². The summed E-state index contributed by atoms with van der Waals surface area (Å²) >= 11 is 0. The van der Waals surface area contributed by atoms with Gasteiger partial charge in [-0.05, 0) is 23.5 Å². The minimum atomic E-state index is 0.305. The fourth-order valence-electron chi connectivity index (χ4n) is 2.12. The summed E-state index contributed by atoms with van der Waals surface area (Å²) < 4.78 is 0. The molecule has 1 unspecified atom stereocenters. The first-order valence-electron chi connectivity index (χ1n) is 6.05. The van der Waals surface area contributed by atoms with Crippen molar-refractivity contribution in [3.05, 3.63) is 41.5 Å². The molecule has 0 N–H and O–H groups in total. The van der Waals surface area contributed by atoms with E-state index >= 15 is 0 Å². The minimum absolute atomic E-state index is 0.305. The van der Waals surface area contributed by atoms with Crippen LogP contribution in [0.1, 0.15) is 37.8 Å². The van der Waals surface area contributed by atoms with E-state index in [-0.39, 0.29) is 0 Å². The molecule has 0 bridgehead atoms. The molecule has 1 aliphatic carbocycles. The molecule has 0 heterocycles. The highest BCUT2D eigenvalue weighted by Crippen LogP contribution is 2.29. The molecule has 0 aromatic heterocycles. The van der Waals surface area contributed by atoms with Crippen LogP contribution in [0.5, 0.6) is 0 Å². The molecule has 0 aliphatic heterocycles. The van der Waals surface area contributed by atoms with Crippen LogP contribution in [0, 0.1) is 5.92 Å². The number of aryl methyl sites for hydroxylation is 1. The van der Waals surface area contributed by atoms with Gasteiger partial charge in [0.2, 0.25) is 0 Å². The van der Waals surface area contributed by atoms with E-state index < -0.39 is 0 Å². The van der Waals surface area contributed by atoms with Crippen LogP contribution in [-0.2, 0) is 11.2 Å². The Balaban J connectivity index is 2.44. The highest BCUT2D eigenvalue weighted by molar-refractivity contribution is 6.22. The quantitative estimate of drug-likeness (QED) is 0.687. The molecule has 1 heteroatoms. The number of fused-ring (bicyclic) bond motifs is 1. The van der Waals surface area contributed by atoms with E-state index in [1.54, 1.807) is 0 Å². The maximum atomic E-state index is 11.9. The Kier molecular flexibility index (Phi) is 3.23. The number of benzene rings is 1. The zero-order valence-electron chi connectivity index (χ0n) is 9.99. The Morgan fingerprint density at radius 1 is 1.31 bits per heavy atom. The van der Waals surface area contributed by atoms with Gasteiger partial charge in [0.05, 0.1) is 0 Å². The lowest BCUT2D eigenvalue weighted by molar-refractivity contribution is -0.113. The Morgan fingerprint density at radius 3 is 2.81 bits per heavy atom. The number of allylic oxidation sites excluding steroid dienone is 2. The number of rotatable bonds is 2. The van der Waals surface area contributed by atoms with Gasteiger partial charge in [-0.15, -0.1) is 0 Å². The Morgan fingerprint density at radius 2 is 2.06 bits per heavy atom. The standard InChI is InChI=1S/C15H18O/c1-3-11(2)10-14-13-7-5-4-6-12(13)8-9-15(14)16/h4-7,10-11H,3,8-9H2,1-2H3. The molecule has 0 saturated heterocycles. The molecule has 1 aromatic rings. The maximum Gasteiger partial charge on any atom is 0.163 e. The fourth-order valence-corrected chi connectivity index (χ4v) is 2.12. The third-order valence-corrected chi connectivity index (χ3v) is 3.32. The molecule has 0 saturated carbocycles. The number of hydrogen-bond acceptors (Lipinski definition) is 1. The van der Waals surface area contributed by atoms with E-state index in [0.717, 1.165) is 24.0 Å². The molecule has 16 heavy (non-hydrogen) atoms. The molecule has 0 radical (unpaired) electrons. The molecule has 1 aromatic carbocycles. The van der Waals surface area contributed by atoms with Gasteiger partial charge >= 0.3 is 0 Å². The third-order valence-electron chi connectivity index (χ3n) is 3.32.